The van der Waals surface area contributed by atoms with Gasteiger partial charge >= 0.3 is 0 Å². The van der Waals surface area contributed by atoms with Crippen LogP contribution in [-0.2, 0) is 0 Å². The molecule has 0 aromatic carbocycles. The summed E-state index contributed by atoms with van der Waals surface area (Å²) in [5, 5.41) is 0. The van der Waals surface area contributed by atoms with Crippen LogP contribution in [0.25, 0.3) is 0 Å². The monoisotopic (exact) mass is 380 g/mol. The molecule has 0 saturated carbocycles. The summed E-state index contributed by atoms with van der Waals surface area (Å²) in [4.78, 5) is 0. The molecule has 0 aliphatic carbocycles. The lowest BCUT2D eigenvalue weighted by molar-refractivity contribution is 0.119. The lowest BCUT2D eigenvalue weighted by Gasteiger charge is -2.38. The molecule has 0 saturated heterocycles. The quantitative estimate of drug-likeness (QED) is 0.265. The Labute approximate surface area is 174 Å². The fourth-order valence-corrected chi connectivity index (χ4v) is 5.30. The van der Waals surface area contributed by atoms with Gasteiger partial charge in [-0.25, -0.2) is 0 Å². The third kappa shape index (κ3) is 13.0. The van der Waals surface area contributed by atoms with Gasteiger partial charge in [0.1, 0.15) is 0 Å². The van der Waals surface area contributed by atoms with Crippen molar-refractivity contribution in [2.75, 3.05) is 0 Å². The van der Waals surface area contributed by atoms with Crippen molar-refractivity contribution in [2.45, 2.75) is 128 Å². The number of rotatable bonds is 15. The zero-order chi connectivity index (χ0) is 21.2. The van der Waals surface area contributed by atoms with E-state index in [0.717, 1.165) is 41.4 Å². The Morgan fingerprint density at radius 1 is 0.593 bits per heavy atom. The minimum absolute atomic E-state index is 0.471. The SMILES string of the molecule is CCC(C)CCC(C)CC(C)C(CC(C)(C)CC(C)C)C(C)CCC(C)C. The van der Waals surface area contributed by atoms with Crippen LogP contribution in [0.1, 0.15) is 128 Å². The number of hydrogen-bond acceptors (Lipinski definition) is 0. The van der Waals surface area contributed by atoms with Gasteiger partial charge < -0.3 is 0 Å². The summed E-state index contributed by atoms with van der Waals surface area (Å²) in [5.74, 6) is 6.00. The van der Waals surface area contributed by atoms with E-state index in [-0.39, 0.29) is 0 Å². The van der Waals surface area contributed by atoms with Crippen molar-refractivity contribution < 1.29 is 0 Å². The zero-order valence-corrected chi connectivity index (χ0v) is 21.2. The highest BCUT2D eigenvalue weighted by Crippen LogP contribution is 2.41. The average molecular weight is 381 g/mol. The van der Waals surface area contributed by atoms with Gasteiger partial charge in [0.2, 0.25) is 0 Å². The van der Waals surface area contributed by atoms with E-state index >= 15 is 0 Å². The molecule has 0 heteroatoms. The molecule has 0 heterocycles. The summed E-state index contributed by atoms with van der Waals surface area (Å²) in [5.41, 5.74) is 0.471. The molecule has 0 aliphatic heterocycles. The molecule has 0 fully saturated rings. The molecular formula is C27H56. The topological polar surface area (TPSA) is 0 Å². The van der Waals surface area contributed by atoms with E-state index in [4.69, 9.17) is 0 Å². The second-order valence-electron chi connectivity index (χ2n) is 12.0. The molecule has 0 bridgehead atoms. The second-order valence-corrected chi connectivity index (χ2v) is 12.0. The van der Waals surface area contributed by atoms with Crippen LogP contribution < -0.4 is 0 Å². The summed E-state index contributed by atoms with van der Waals surface area (Å²) in [7, 11) is 0. The van der Waals surface area contributed by atoms with Gasteiger partial charge in [-0.2, -0.15) is 0 Å². The van der Waals surface area contributed by atoms with Crippen LogP contribution in [0.15, 0.2) is 0 Å². The Kier molecular flexibility index (Phi) is 13.3. The van der Waals surface area contributed by atoms with Gasteiger partial charge in [0, 0.05) is 0 Å². The van der Waals surface area contributed by atoms with E-state index in [2.05, 4.69) is 76.2 Å². The minimum atomic E-state index is 0.471. The molecule has 0 nitrogen and oxygen atoms in total. The summed E-state index contributed by atoms with van der Waals surface area (Å²) >= 11 is 0. The molecule has 0 aliphatic rings. The van der Waals surface area contributed by atoms with Crippen LogP contribution in [0.3, 0.4) is 0 Å². The van der Waals surface area contributed by atoms with Crippen LogP contribution in [0, 0.1) is 46.8 Å². The van der Waals surface area contributed by atoms with Crippen molar-refractivity contribution in [1.82, 2.24) is 0 Å². The van der Waals surface area contributed by atoms with Crippen molar-refractivity contribution in [3.05, 3.63) is 0 Å². The van der Waals surface area contributed by atoms with Crippen LogP contribution in [0.4, 0.5) is 0 Å². The summed E-state index contributed by atoms with van der Waals surface area (Å²) in [6, 6.07) is 0. The van der Waals surface area contributed by atoms with Gasteiger partial charge in [-0.05, 0) is 66.1 Å². The van der Waals surface area contributed by atoms with Gasteiger partial charge in [-0.1, -0.05) is 108 Å². The Morgan fingerprint density at radius 3 is 1.63 bits per heavy atom. The van der Waals surface area contributed by atoms with E-state index in [1.807, 2.05) is 0 Å². The van der Waals surface area contributed by atoms with Crippen molar-refractivity contribution >= 4 is 0 Å². The fourth-order valence-electron chi connectivity index (χ4n) is 5.30. The largest absolute Gasteiger partial charge is 0.0651 e. The third-order valence-electron chi connectivity index (χ3n) is 7.03. The molecule has 0 amide bonds. The molecule has 0 spiro atoms. The maximum Gasteiger partial charge on any atom is -0.0349 e. The second kappa shape index (κ2) is 13.3. The van der Waals surface area contributed by atoms with Crippen LogP contribution in [-0.4, -0.2) is 0 Å². The van der Waals surface area contributed by atoms with E-state index in [1.54, 1.807) is 0 Å². The Bertz CT molecular complexity index is 351. The molecule has 0 aromatic rings. The fraction of sp³-hybridized carbons (Fsp3) is 1.00. The lowest BCUT2D eigenvalue weighted by atomic mass is 9.67. The smallest absolute Gasteiger partial charge is 0.0349 e. The Balaban J connectivity index is 4.98. The highest BCUT2D eigenvalue weighted by Gasteiger charge is 2.31. The molecule has 27 heavy (non-hydrogen) atoms. The standard InChI is InChI=1S/C27H56/c1-12-22(6)14-15-23(7)17-25(9)26(24(8)16-13-20(2)3)19-27(10,11)18-21(4)5/h20-26H,12-19H2,1-11H3. The summed E-state index contributed by atoms with van der Waals surface area (Å²) in [6.45, 7) is 27.0. The Morgan fingerprint density at radius 2 is 1.15 bits per heavy atom. The van der Waals surface area contributed by atoms with Crippen molar-refractivity contribution in [3.8, 4) is 0 Å². The van der Waals surface area contributed by atoms with E-state index in [9.17, 15) is 0 Å². The molecule has 0 rings (SSSR count). The average Bonchev–Trinajstić information content (AvgIpc) is 2.53. The van der Waals surface area contributed by atoms with Gasteiger partial charge in [0.15, 0.2) is 0 Å². The van der Waals surface area contributed by atoms with E-state index in [0.29, 0.717) is 5.41 Å². The summed E-state index contributed by atoms with van der Waals surface area (Å²) < 4.78 is 0. The first-order valence-electron chi connectivity index (χ1n) is 12.4. The molecule has 0 radical (unpaired) electrons. The van der Waals surface area contributed by atoms with Crippen molar-refractivity contribution in [3.63, 3.8) is 0 Å². The third-order valence-corrected chi connectivity index (χ3v) is 7.03. The van der Waals surface area contributed by atoms with Gasteiger partial charge in [-0.15, -0.1) is 0 Å². The van der Waals surface area contributed by atoms with E-state index < -0.39 is 0 Å². The number of hydrogen-bond donors (Lipinski definition) is 0. The van der Waals surface area contributed by atoms with Crippen molar-refractivity contribution in [2.24, 2.45) is 46.8 Å². The predicted octanol–water partition coefficient (Wildman–Crippen LogP) is 9.63. The molecule has 0 aromatic heterocycles. The Hall–Kier alpha value is 0. The zero-order valence-electron chi connectivity index (χ0n) is 21.2. The molecular weight excluding hydrogens is 324 g/mol. The van der Waals surface area contributed by atoms with Gasteiger partial charge in [0.25, 0.3) is 0 Å². The molecule has 164 valence electrons. The van der Waals surface area contributed by atoms with Crippen LogP contribution >= 0.6 is 0 Å². The first-order chi connectivity index (χ1) is 12.4. The maximum absolute atomic E-state index is 2.57. The minimum Gasteiger partial charge on any atom is -0.0651 e. The highest BCUT2D eigenvalue weighted by molar-refractivity contribution is 4.82. The highest BCUT2D eigenvalue weighted by atomic mass is 14.4. The lowest BCUT2D eigenvalue weighted by Crippen LogP contribution is -2.29. The first kappa shape index (κ1) is 27.0. The molecule has 5 unspecified atom stereocenters. The van der Waals surface area contributed by atoms with Crippen LogP contribution in [0.5, 0.6) is 0 Å². The van der Waals surface area contributed by atoms with Gasteiger partial charge in [0.05, 0.1) is 0 Å². The van der Waals surface area contributed by atoms with Crippen LogP contribution in [0.2, 0.25) is 0 Å². The van der Waals surface area contributed by atoms with E-state index in [1.165, 1.54) is 51.4 Å². The molecule has 5 atom stereocenters. The maximum atomic E-state index is 2.57. The first-order valence-corrected chi connectivity index (χ1v) is 12.4. The summed E-state index contributed by atoms with van der Waals surface area (Å²) in [6.07, 6.45) is 11.1. The van der Waals surface area contributed by atoms with Crippen molar-refractivity contribution in [1.29, 1.82) is 0 Å². The predicted molar refractivity (Wildman–Crippen MR) is 126 cm³/mol. The molecule has 0 N–H and O–H groups in total. The van der Waals surface area contributed by atoms with Gasteiger partial charge in [-0.3, -0.25) is 0 Å². The normalized spacial score (nSPS) is 18.6.